The van der Waals surface area contributed by atoms with Gasteiger partial charge < -0.3 is 20.7 Å². The summed E-state index contributed by atoms with van der Waals surface area (Å²) in [5.41, 5.74) is 7.70. The van der Waals surface area contributed by atoms with E-state index in [4.69, 9.17) is 10.5 Å². The lowest BCUT2D eigenvalue weighted by Gasteiger charge is -2.33. The number of rotatable bonds is 3. The number of carbonyl (C=O) groups is 2. The third kappa shape index (κ3) is 3.13. The number of hydrogen-bond acceptors (Lipinski definition) is 4. The third-order valence-electron chi connectivity index (χ3n) is 4.19. The van der Waals surface area contributed by atoms with Crippen LogP contribution in [-0.4, -0.2) is 43.7 Å². The first-order chi connectivity index (χ1) is 10.6. The summed E-state index contributed by atoms with van der Waals surface area (Å²) in [6.07, 6.45) is 2.15. The van der Waals surface area contributed by atoms with Gasteiger partial charge in [-0.3, -0.25) is 9.59 Å². The third-order valence-corrected chi connectivity index (χ3v) is 4.19. The second-order valence-corrected chi connectivity index (χ2v) is 5.82. The second-order valence-electron chi connectivity index (χ2n) is 5.82. The molecule has 0 aliphatic carbocycles. The smallest absolute Gasteiger partial charge is 0.244 e. The highest BCUT2D eigenvalue weighted by Crippen LogP contribution is 2.26. The van der Waals surface area contributed by atoms with Crippen LogP contribution in [-0.2, 0) is 20.7 Å². The van der Waals surface area contributed by atoms with Crippen molar-refractivity contribution >= 4 is 17.5 Å². The van der Waals surface area contributed by atoms with Gasteiger partial charge in [0.05, 0.1) is 6.04 Å². The Kier molecular flexibility index (Phi) is 4.40. The molecule has 2 amide bonds. The monoisotopic (exact) mass is 303 g/mol. The summed E-state index contributed by atoms with van der Waals surface area (Å²) in [6, 6.07) is 7.15. The molecule has 0 radical (unpaired) electrons. The topological polar surface area (TPSA) is 84.7 Å². The van der Waals surface area contributed by atoms with E-state index in [0.717, 1.165) is 24.1 Å². The zero-order chi connectivity index (χ0) is 15.5. The van der Waals surface area contributed by atoms with Gasteiger partial charge in [-0.2, -0.15) is 0 Å². The lowest BCUT2D eigenvalue weighted by atomic mass is 9.97. The number of amides is 2. The molecule has 6 heteroatoms. The number of para-hydroxylation sites is 1. The summed E-state index contributed by atoms with van der Waals surface area (Å²) >= 11 is 0. The van der Waals surface area contributed by atoms with Crippen LogP contribution >= 0.6 is 0 Å². The average Bonchev–Trinajstić information content (AvgIpc) is 2.53. The molecule has 2 aliphatic heterocycles. The number of benzene rings is 1. The number of fused-ring (bicyclic) bond motifs is 1. The van der Waals surface area contributed by atoms with Gasteiger partial charge in [0.25, 0.3) is 0 Å². The van der Waals surface area contributed by atoms with Crippen LogP contribution in [0.4, 0.5) is 5.69 Å². The van der Waals surface area contributed by atoms with Crippen LogP contribution in [0.25, 0.3) is 0 Å². The minimum atomic E-state index is -0.578. The van der Waals surface area contributed by atoms with E-state index in [0.29, 0.717) is 19.6 Å². The molecule has 118 valence electrons. The van der Waals surface area contributed by atoms with Crippen molar-refractivity contribution in [3.05, 3.63) is 29.8 Å². The molecular formula is C16H21N3O3. The molecule has 22 heavy (non-hydrogen) atoms. The zero-order valence-corrected chi connectivity index (χ0v) is 12.5. The van der Waals surface area contributed by atoms with E-state index in [-0.39, 0.29) is 24.4 Å². The molecule has 2 heterocycles. The van der Waals surface area contributed by atoms with Crippen LogP contribution in [0.2, 0.25) is 0 Å². The van der Waals surface area contributed by atoms with Gasteiger partial charge in [-0.15, -0.1) is 0 Å². The lowest BCUT2D eigenvalue weighted by molar-refractivity contribution is -0.125. The Morgan fingerprint density at radius 2 is 2.05 bits per heavy atom. The normalized spacial score (nSPS) is 22.3. The van der Waals surface area contributed by atoms with Crippen molar-refractivity contribution in [2.45, 2.75) is 31.3 Å². The molecule has 1 fully saturated rings. The summed E-state index contributed by atoms with van der Waals surface area (Å²) in [7, 11) is 0. The van der Waals surface area contributed by atoms with E-state index < -0.39 is 6.04 Å². The minimum absolute atomic E-state index is 0.0148. The fraction of sp³-hybridized carbons (Fsp3) is 0.500. The maximum Gasteiger partial charge on any atom is 0.244 e. The SMILES string of the molecule is NC1Cc2ccccc2N(CC(=O)NC2CCOCC2)C1=O. The van der Waals surface area contributed by atoms with Gasteiger partial charge in [0.1, 0.15) is 6.54 Å². The molecule has 3 N–H and O–H groups in total. The second kappa shape index (κ2) is 6.46. The number of nitrogens with two attached hydrogens (primary N) is 1. The predicted molar refractivity (Wildman–Crippen MR) is 82.5 cm³/mol. The Bertz CT molecular complexity index is 570. The van der Waals surface area contributed by atoms with Gasteiger partial charge in [0, 0.05) is 24.9 Å². The number of ether oxygens (including phenoxy) is 1. The van der Waals surface area contributed by atoms with E-state index in [2.05, 4.69) is 5.32 Å². The van der Waals surface area contributed by atoms with E-state index >= 15 is 0 Å². The minimum Gasteiger partial charge on any atom is -0.381 e. The summed E-state index contributed by atoms with van der Waals surface area (Å²) in [4.78, 5) is 26.1. The fourth-order valence-corrected chi connectivity index (χ4v) is 3.01. The molecule has 6 nitrogen and oxygen atoms in total. The van der Waals surface area contributed by atoms with Crippen LogP contribution in [0.5, 0.6) is 0 Å². The molecule has 0 aromatic heterocycles. The molecule has 1 unspecified atom stereocenters. The van der Waals surface area contributed by atoms with Gasteiger partial charge in [-0.1, -0.05) is 18.2 Å². The maximum absolute atomic E-state index is 12.3. The summed E-state index contributed by atoms with van der Waals surface area (Å²) in [5, 5.41) is 2.98. The quantitative estimate of drug-likeness (QED) is 0.835. The zero-order valence-electron chi connectivity index (χ0n) is 12.5. The Labute approximate surface area is 129 Å². The predicted octanol–water partition coefficient (Wildman–Crippen LogP) is 0.198. The first kappa shape index (κ1) is 15.0. The van der Waals surface area contributed by atoms with Gasteiger partial charge in [0.15, 0.2) is 0 Å². The van der Waals surface area contributed by atoms with Gasteiger partial charge in [0.2, 0.25) is 11.8 Å². The van der Waals surface area contributed by atoms with Crippen LogP contribution in [0, 0.1) is 0 Å². The van der Waals surface area contributed by atoms with Crippen molar-refractivity contribution in [1.29, 1.82) is 0 Å². The molecule has 0 saturated carbocycles. The lowest BCUT2D eigenvalue weighted by Crippen LogP contribution is -2.53. The van der Waals surface area contributed by atoms with Crippen molar-refractivity contribution in [2.75, 3.05) is 24.7 Å². The van der Waals surface area contributed by atoms with Crippen molar-refractivity contribution in [2.24, 2.45) is 5.73 Å². The maximum atomic E-state index is 12.3. The number of nitrogens with one attached hydrogen (secondary N) is 1. The van der Waals surface area contributed by atoms with Crippen LogP contribution in [0.3, 0.4) is 0 Å². The molecule has 2 aliphatic rings. The highest BCUT2D eigenvalue weighted by molar-refractivity contribution is 6.03. The highest BCUT2D eigenvalue weighted by Gasteiger charge is 2.31. The van der Waals surface area contributed by atoms with E-state index in [9.17, 15) is 9.59 Å². The van der Waals surface area contributed by atoms with Crippen molar-refractivity contribution in [3.63, 3.8) is 0 Å². The Morgan fingerprint density at radius 3 is 2.82 bits per heavy atom. The van der Waals surface area contributed by atoms with Crippen LogP contribution in [0.15, 0.2) is 24.3 Å². The Balaban J connectivity index is 1.70. The summed E-state index contributed by atoms with van der Waals surface area (Å²) in [6.45, 7) is 1.35. The molecule has 1 saturated heterocycles. The number of nitrogens with zero attached hydrogens (tertiary/aromatic N) is 1. The molecule has 0 bridgehead atoms. The molecule has 3 rings (SSSR count). The van der Waals surface area contributed by atoms with Crippen LogP contribution in [0.1, 0.15) is 18.4 Å². The number of carbonyl (C=O) groups excluding carboxylic acids is 2. The molecule has 1 aromatic carbocycles. The largest absolute Gasteiger partial charge is 0.381 e. The van der Waals surface area contributed by atoms with Crippen molar-refractivity contribution in [1.82, 2.24) is 5.32 Å². The summed E-state index contributed by atoms with van der Waals surface area (Å²) in [5.74, 6) is -0.343. The van der Waals surface area contributed by atoms with E-state index in [1.807, 2.05) is 24.3 Å². The highest BCUT2D eigenvalue weighted by atomic mass is 16.5. The summed E-state index contributed by atoms with van der Waals surface area (Å²) < 4.78 is 5.28. The standard InChI is InChI=1S/C16H21N3O3/c17-13-9-11-3-1-2-4-14(11)19(16(13)21)10-15(20)18-12-5-7-22-8-6-12/h1-4,12-13H,5-10,17H2,(H,18,20). The Morgan fingerprint density at radius 1 is 1.32 bits per heavy atom. The molecule has 1 aromatic rings. The number of anilines is 1. The van der Waals surface area contributed by atoms with Crippen LogP contribution < -0.4 is 16.0 Å². The molecule has 0 spiro atoms. The average molecular weight is 303 g/mol. The van der Waals surface area contributed by atoms with Crippen molar-refractivity contribution < 1.29 is 14.3 Å². The van der Waals surface area contributed by atoms with Crippen molar-refractivity contribution in [3.8, 4) is 0 Å². The van der Waals surface area contributed by atoms with Gasteiger partial charge >= 0.3 is 0 Å². The number of hydrogen-bond donors (Lipinski definition) is 2. The van der Waals surface area contributed by atoms with Gasteiger partial charge in [-0.05, 0) is 30.9 Å². The van der Waals surface area contributed by atoms with E-state index in [1.54, 1.807) is 0 Å². The first-order valence-electron chi connectivity index (χ1n) is 7.67. The first-order valence-corrected chi connectivity index (χ1v) is 7.67. The van der Waals surface area contributed by atoms with Gasteiger partial charge in [-0.25, -0.2) is 0 Å². The molecule has 1 atom stereocenters. The van der Waals surface area contributed by atoms with E-state index in [1.165, 1.54) is 4.90 Å². The fourth-order valence-electron chi connectivity index (χ4n) is 3.01. The Hall–Kier alpha value is -1.92. The molecular weight excluding hydrogens is 282 g/mol.